The summed E-state index contributed by atoms with van der Waals surface area (Å²) in [5.41, 5.74) is 22.5. The molecule has 3 aliphatic rings. The fourth-order valence-corrected chi connectivity index (χ4v) is 216. The molecule has 0 aromatic heterocycles. The average molecular weight is 2050 g/mol. The summed E-state index contributed by atoms with van der Waals surface area (Å²) in [6, 6.07) is 6.54. The number of rotatable bonds is 36. The van der Waals surface area contributed by atoms with Crippen LogP contribution in [0.5, 0.6) is 0 Å². The van der Waals surface area contributed by atoms with Crippen molar-refractivity contribution in [1.82, 2.24) is 0 Å². The molecule has 12 nitrogen and oxygen atoms in total. The Morgan fingerprint density at radius 2 is 0.485 bits per heavy atom. The molecule has 0 aliphatic carbocycles. The van der Waals surface area contributed by atoms with Crippen LogP contribution in [0.1, 0.15) is 116 Å². The number of hydrogen-bond acceptors (Lipinski definition) is 12. The van der Waals surface area contributed by atoms with Crippen molar-refractivity contribution in [2.24, 2.45) is 23.7 Å². The van der Waals surface area contributed by atoms with Crippen LogP contribution in [0.4, 0.5) is 0 Å². The van der Waals surface area contributed by atoms with Crippen molar-refractivity contribution in [2.75, 3.05) is 0 Å². The third-order valence-electron chi connectivity index (χ3n) is 14.7. The molecule has 3 saturated heterocycles. The van der Waals surface area contributed by atoms with E-state index in [1.807, 2.05) is 71.8 Å². The zero-order valence-electron chi connectivity index (χ0n) is 63.2. The van der Waals surface area contributed by atoms with E-state index in [1.165, 1.54) is 7.96 Å². The Morgan fingerprint density at radius 3 is 0.614 bits per heavy atom. The van der Waals surface area contributed by atoms with E-state index >= 15 is 0 Å². The summed E-state index contributed by atoms with van der Waals surface area (Å²) in [4.78, 5) is 0. The zero-order valence-corrected chi connectivity index (χ0v) is 97.3. The maximum absolute atomic E-state index is 7.16. The monoisotopic (exact) mass is 2050 g/mol. The van der Waals surface area contributed by atoms with Gasteiger partial charge in [-0.05, 0) is 133 Å². The summed E-state index contributed by atoms with van der Waals surface area (Å²) >= 11 is 0. The van der Waals surface area contributed by atoms with E-state index in [-0.39, 0.29) is 110 Å². The largest absolute Gasteiger partial charge is 0.410 e. The Kier molecular flexibility index (Phi) is 68.2. The van der Waals surface area contributed by atoms with E-state index in [1.54, 1.807) is 22.8 Å². The van der Waals surface area contributed by atoms with Crippen molar-refractivity contribution in [3.05, 3.63) is 147 Å². The fourth-order valence-electron chi connectivity index (χ4n) is 10.9. The molecule has 0 N–H and O–H groups in total. The van der Waals surface area contributed by atoms with Gasteiger partial charge in [0.1, 0.15) is 0 Å². The molecule has 0 amide bonds. The third-order valence-corrected chi connectivity index (χ3v) is 163. The minimum Gasteiger partial charge on any atom is -0.410 e. The molecule has 101 heavy (non-hydrogen) atoms. The van der Waals surface area contributed by atoms with E-state index in [0.29, 0.717) is 30.7 Å². The molecular formula is C57H134O12P16Si12V4. The molecule has 0 saturated carbocycles. The van der Waals surface area contributed by atoms with E-state index in [9.17, 15) is 0 Å². The summed E-state index contributed by atoms with van der Waals surface area (Å²) in [5.74, 6) is 1.56. The van der Waals surface area contributed by atoms with Crippen molar-refractivity contribution >= 4 is 232 Å². The summed E-state index contributed by atoms with van der Waals surface area (Å²) in [6.07, 6.45) is 3.83. The molecular weight excluding hydrogens is 1910 g/mol. The second kappa shape index (κ2) is 57.4. The van der Waals surface area contributed by atoms with Crippen molar-refractivity contribution in [3.8, 4) is 0 Å². The van der Waals surface area contributed by atoms with Gasteiger partial charge in [0.15, 0.2) is 0 Å². The summed E-state index contributed by atoms with van der Waals surface area (Å²) < 4.78 is 81.4. The maximum atomic E-state index is 7.16. The topological polar surface area (TPSA) is 111 Å². The molecule has 15 unspecified atom stereocenters. The Balaban J connectivity index is -0.000000302. The summed E-state index contributed by atoms with van der Waals surface area (Å²) in [6.45, 7) is 84.0. The van der Waals surface area contributed by atoms with Gasteiger partial charge < -0.3 is 49.4 Å². The van der Waals surface area contributed by atoms with Gasteiger partial charge in [0.2, 0.25) is 0 Å². The Bertz CT molecular complexity index is 2200. The van der Waals surface area contributed by atoms with Crippen LogP contribution in [0.2, 0.25) is 74.5 Å². The van der Waals surface area contributed by atoms with E-state index < -0.39 is 103 Å². The van der Waals surface area contributed by atoms with E-state index in [4.69, 9.17) is 49.4 Å². The first kappa shape index (κ1) is 120. The minimum atomic E-state index is -2.88. The summed E-state index contributed by atoms with van der Waals surface area (Å²) in [7, 11) is -6.85. The van der Waals surface area contributed by atoms with Gasteiger partial charge in [0.25, 0.3) is 0 Å². The Morgan fingerprint density at radius 1 is 0.307 bits per heavy atom. The fraction of sp³-hybridized carbons (Fsp3) is 0.579. The molecule has 0 spiro atoms. The second-order valence-electron chi connectivity index (χ2n) is 25.8. The van der Waals surface area contributed by atoms with Crippen molar-refractivity contribution < 1.29 is 124 Å². The van der Waals surface area contributed by atoms with Crippen LogP contribution in [-0.4, -0.2) is 103 Å². The van der Waals surface area contributed by atoms with Crippen LogP contribution in [-0.2, 0) is 124 Å². The SMILES string of the molecule is C.C=C[Si]1(C)O[Si](C)(C=C)O[Si](C)(C=C)O[Si](C)(C=C)O1.C=C[Si]1(CC(C)C)O[Si](C=C)(CC(C)C)O[Si](C=C)(CC(C)C)O[Si](C=C)(CC(C)C)O1.C=C[Si]1(CCC)O[Si](C=C)(CCC)O[Si](C=C)(CCC)O[Si](C=C)(CCC)O1.PPP(P)PP(P)P(P(P)PP)P(P)PP.[V].[V].[V].[V]. The molecule has 3 aliphatic heterocycles. The molecule has 582 valence electrons. The normalized spacial score (nSPS) is 33.7. The van der Waals surface area contributed by atoms with Gasteiger partial charge in [-0.2, -0.15) is 0 Å². The van der Waals surface area contributed by atoms with Crippen molar-refractivity contribution in [2.45, 2.75) is 191 Å². The predicted octanol–water partition coefficient (Wildman–Crippen LogP) is 26.6. The Labute approximate surface area is 709 Å². The van der Waals surface area contributed by atoms with Crippen LogP contribution in [0.3, 0.4) is 0 Å². The smallest absolute Gasteiger partial charge is 0.347 e. The molecule has 0 bridgehead atoms. The maximum Gasteiger partial charge on any atom is 0.347 e. The zero-order chi connectivity index (χ0) is 74.5. The van der Waals surface area contributed by atoms with Gasteiger partial charge in [-0.3, -0.25) is 0 Å². The molecule has 3 fully saturated rings. The van der Waals surface area contributed by atoms with Gasteiger partial charge in [0, 0.05) is 74.2 Å². The molecule has 0 aromatic rings. The minimum absolute atomic E-state index is 0. The van der Waals surface area contributed by atoms with E-state index in [0.717, 1.165) is 97.9 Å². The van der Waals surface area contributed by atoms with Crippen LogP contribution < -0.4 is 0 Å². The van der Waals surface area contributed by atoms with Crippen LogP contribution in [0.25, 0.3) is 0 Å². The molecule has 44 heteroatoms. The first-order chi connectivity index (χ1) is 44.6. The predicted molar refractivity (Wildman–Crippen MR) is 509 cm³/mol. The Hall–Kier alpha value is 8.22. The molecule has 0 aromatic carbocycles. The number of hydrogen-bond donors (Lipinski definition) is 0. The molecule has 3 rings (SSSR count). The quantitative estimate of drug-likeness (QED) is 0.0440. The molecule has 3 heterocycles. The average Bonchev–Trinajstić information content (AvgIpc) is 0.756. The second-order valence-corrected chi connectivity index (χ2v) is 121. The van der Waals surface area contributed by atoms with E-state index in [2.05, 4.69) is 225 Å². The van der Waals surface area contributed by atoms with Gasteiger partial charge in [-0.25, -0.2) is 0 Å². The molecule has 15 atom stereocenters. The van der Waals surface area contributed by atoms with Crippen molar-refractivity contribution in [1.29, 1.82) is 0 Å². The standard InChI is InChI=1S/C24H48O4Si4.C20H40O4Si4.C12H24O4Si4.CH4.H18P16.4V/c1-13-29(17-21(5)6)25-30(14-2,18-22(7)8)27-32(16-4,20-24(11)12)28-31(15-3,26-29)19-23(9)10;1-9-17-25(13-5)21-26(14-6,18-10-2)23-28(16-8,20-12-4)24-27(15-7,22-25)19-11-3;1-9-17(5)13-18(6,10-2)15-20(8,12-4)16-19(7,11-3)14-17;;1-8-12(4)11-15(7)16(13(5)9-2)14(6)10-3;;;;/h13-16,21-24H,1-4,17-20H2,5-12H3;13-16H,5-12,17-20H2,1-4H3;9-12H,1-4H2,5-8H3;1H4;8-11H,1-7H2;;;;. The van der Waals surface area contributed by atoms with Crippen molar-refractivity contribution in [3.63, 3.8) is 0 Å². The van der Waals surface area contributed by atoms with Gasteiger partial charge in [-0.15, -0.1) is 141 Å². The van der Waals surface area contributed by atoms with Crippen LogP contribution in [0, 0.1) is 23.7 Å². The molecule has 4 radical (unpaired) electrons. The van der Waals surface area contributed by atoms with Gasteiger partial charge in [0.05, 0.1) is 0 Å². The first-order valence-corrected chi connectivity index (χ1v) is 88.1. The van der Waals surface area contributed by atoms with Gasteiger partial charge in [-0.1, -0.05) is 216 Å². The van der Waals surface area contributed by atoms with Crippen LogP contribution >= 0.6 is 129 Å². The van der Waals surface area contributed by atoms with Gasteiger partial charge >= 0.3 is 103 Å². The third kappa shape index (κ3) is 40.2. The first-order valence-electron chi connectivity index (χ1n) is 32.8. The van der Waals surface area contributed by atoms with Crippen LogP contribution in [0.15, 0.2) is 147 Å². The summed E-state index contributed by atoms with van der Waals surface area (Å²) in [5, 5.41) is 0.